The van der Waals surface area contributed by atoms with Gasteiger partial charge in [-0.15, -0.1) is 0 Å². The van der Waals surface area contributed by atoms with Crippen molar-refractivity contribution in [3.05, 3.63) is 29.8 Å². The fourth-order valence-electron chi connectivity index (χ4n) is 2.46. The number of rotatable bonds is 4. The van der Waals surface area contributed by atoms with E-state index in [0.717, 1.165) is 18.4 Å². The summed E-state index contributed by atoms with van der Waals surface area (Å²) in [5.74, 6) is -0.545. The van der Waals surface area contributed by atoms with Gasteiger partial charge in [0.15, 0.2) is 0 Å². The number of carbonyl (C=O) groups excluding carboxylic acids is 1. The lowest BCUT2D eigenvalue weighted by Gasteiger charge is -2.20. The molecule has 1 saturated heterocycles. The van der Waals surface area contributed by atoms with Crippen molar-refractivity contribution in [2.75, 3.05) is 12.3 Å². The Kier molecular flexibility index (Phi) is 4.33. The summed E-state index contributed by atoms with van der Waals surface area (Å²) < 4.78 is 11.2. The molecule has 0 bridgehead atoms. The van der Waals surface area contributed by atoms with E-state index >= 15 is 0 Å². The second kappa shape index (κ2) is 5.83. The number of nitrogens with two attached hydrogens (primary N) is 1. The summed E-state index contributed by atoms with van der Waals surface area (Å²) in [5.41, 5.74) is 7.16. The van der Waals surface area contributed by atoms with Crippen LogP contribution in [0.3, 0.4) is 0 Å². The van der Waals surface area contributed by atoms with Gasteiger partial charge >= 0.3 is 5.97 Å². The quantitative estimate of drug-likeness (QED) is 0.679. The van der Waals surface area contributed by atoms with Gasteiger partial charge in [-0.1, -0.05) is 12.1 Å². The summed E-state index contributed by atoms with van der Waals surface area (Å²) in [6.07, 6.45) is 1.95. The van der Waals surface area contributed by atoms with Crippen molar-refractivity contribution in [3.63, 3.8) is 0 Å². The Bertz CT molecular complexity index is 484. The highest BCUT2D eigenvalue weighted by Gasteiger charge is 2.32. The first kappa shape index (κ1) is 14.9. The van der Waals surface area contributed by atoms with Crippen LogP contribution in [0, 0.1) is 0 Å². The van der Waals surface area contributed by atoms with Crippen molar-refractivity contribution in [2.24, 2.45) is 0 Å². The number of anilines is 1. The third-order valence-corrected chi connectivity index (χ3v) is 3.73. The fourth-order valence-corrected chi connectivity index (χ4v) is 2.46. The Morgan fingerprint density at radius 2 is 2.30 bits per heavy atom. The SMILES string of the molecule is CC(C(=O)OCC1CCC(C)(C)O1)c1cccc(N)c1. The Morgan fingerprint density at radius 1 is 1.55 bits per heavy atom. The Balaban J connectivity index is 1.86. The van der Waals surface area contributed by atoms with Crippen molar-refractivity contribution in [3.8, 4) is 0 Å². The van der Waals surface area contributed by atoms with Crippen LogP contribution in [0.1, 0.15) is 45.1 Å². The van der Waals surface area contributed by atoms with E-state index in [1.54, 1.807) is 12.1 Å². The number of nitrogen functional groups attached to an aromatic ring is 1. The van der Waals surface area contributed by atoms with E-state index in [1.165, 1.54) is 0 Å². The van der Waals surface area contributed by atoms with Crippen LogP contribution in [0.2, 0.25) is 0 Å². The maximum atomic E-state index is 12.1. The third-order valence-electron chi connectivity index (χ3n) is 3.73. The normalized spacial score (nSPS) is 22.4. The van der Waals surface area contributed by atoms with Gasteiger partial charge in [0.1, 0.15) is 6.61 Å². The molecule has 1 fully saturated rings. The van der Waals surface area contributed by atoms with E-state index in [9.17, 15) is 4.79 Å². The summed E-state index contributed by atoms with van der Waals surface area (Å²) in [7, 11) is 0. The molecule has 2 rings (SSSR count). The van der Waals surface area contributed by atoms with Gasteiger partial charge in [0.2, 0.25) is 0 Å². The van der Waals surface area contributed by atoms with Gasteiger partial charge < -0.3 is 15.2 Å². The minimum atomic E-state index is -0.312. The molecule has 0 radical (unpaired) electrons. The van der Waals surface area contributed by atoms with Gasteiger partial charge in [0, 0.05) is 5.69 Å². The highest BCUT2D eigenvalue weighted by atomic mass is 16.6. The van der Waals surface area contributed by atoms with Crippen LogP contribution in [0.4, 0.5) is 5.69 Å². The summed E-state index contributed by atoms with van der Waals surface area (Å²) in [6, 6.07) is 7.34. The maximum absolute atomic E-state index is 12.1. The number of hydrogen-bond acceptors (Lipinski definition) is 4. The summed E-state index contributed by atoms with van der Waals surface area (Å²) in [4.78, 5) is 12.1. The lowest BCUT2D eigenvalue weighted by molar-refractivity contribution is -0.150. The van der Waals surface area contributed by atoms with E-state index in [2.05, 4.69) is 13.8 Å². The zero-order valence-electron chi connectivity index (χ0n) is 12.4. The van der Waals surface area contributed by atoms with Crippen LogP contribution in [-0.4, -0.2) is 24.3 Å². The van der Waals surface area contributed by atoms with Crippen LogP contribution in [-0.2, 0) is 14.3 Å². The van der Waals surface area contributed by atoms with Gasteiger partial charge in [0.05, 0.1) is 17.6 Å². The van der Waals surface area contributed by atoms with Crippen molar-refractivity contribution in [1.29, 1.82) is 0 Å². The zero-order chi connectivity index (χ0) is 14.8. The molecule has 0 saturated carbocycles. The Labute approximate surface area is 120 Å². The molecule has 2 N–H and O–H groups in total. The molecule has 1 aliphatic heterocycles. The molecule has 1 aromatic rings. The molecule has 1 aromatic carbocycles. The molecule has 4 heteroatoms. The topological polar surface area (TPSA) is 61.5 Å². The molecule has 2 atom stereocenters. The number of hydrogen-bond donors (Lipinski definition) is 1. The molecule has 20 heavy (non-hydrogen) atoms. The van der Waals surface area contributed by atoms with Crippen molar-refractivity contribution >= 4 is 11.7 Å². The summed E-state index contributed by atoms with van der Waals surface area (Å²) in [6.45, 7) is 6.28. The second-order valence-corrected chi connectivity index (χ2v) is 6.06. The molecule has 0 aromatic heterocycles. The van der Waals surface area contributed by atoms with Crippen molar-refractivity contribution in [1.82, 2.24) is 0 Å². The van der Waals surface area contributed by atoms with Crippen LogP contribution in [0.15, 0.2) is 24.3 Å². The molecule has 0 aliphatic carbocycles. The lowest BCUT2D eigenvalue weighted by Crippen LogP contribution is -2.25. The van der Waals surface area contributed by atoms with Crippen LogP contribution in [0.5, 0.6) is 0 Å². The average molecular weight is 277 g/mol. The van der Waals surface area contributed by atoms with Gasteiger partial charge in [-0.3, -0.25) is 4.79 Å². The molecular weight excluding hydrogens is 254 g/mol. The predicted octanol–water partition coefficient (Wildman–Crippen LogP) is 2.87. The molecule has 2 unspecified atom stereocenters. The first-order chi connectivity index (χ1) is 9.37. The average Bonchev–Trinajstić information content (AvgIpc) is 2.74. The van der Waals surface area contributed by atoms with Gasteiger partial charge in [-0.25, -0.2) is 0 Å². The number of carbonyl (C=O) groups is 1. The molecule has 1 heterocycles. The van der Waals surface area contributed by atoms with Crippen molar-refractivity contribution in [2.45, 2.75) is 51.2 Å². The maximum Gasteiger partial charge on any atom is 0.313 e. The van der Waals surface area contributed by atoms with E-state index in [0.29, 0.717) is 12.3 Å². The van der Waals surface area contributed by atoms with Crippen LogP contribution >= 0.6 is 0 Å². The van der Waals surface area contributed by atoms with Crippen molar-refractivity contribution < 1.29 is 14.3 Å². The third kappa shape index (κ3) is 3.73. The molecule has 0 spiro atoms. The van der Waals surface area contributed by atoms with Gasteiger partial charge in [-0.2, -0.15) is 0 Å². The van der Waals surface area contributed by atoms with E-state index in [4.69, 9.17) is 15.2 Å². The van der Waals surface area contributed by atoms with Crippen LogP contribution < -0.4 is 5.73 Å². The Hall–Kier alpha value is -1.55. The fraction of sp³-hybridized carbons (Fsp3) is 0.562. The highest BCUT2D eigenvalue weighted by Crippen LogP contribution is 2.29. The monoisotopic (exact) mass is 277 g/mol. The zero-order valence-corrected chi connectivity index (χ0v) is 12.4. The predicted molar refractivity (Wildman–Crippen MR) is 78.4 cm³/mol. The van der Waals surface area contributed by atoms with Gasteiger partial charge in [-0.05, 0) is 51.3 Å². The van der Waals surface area contributed by atoms with E-state index in [-0.39, 0.29) is 23.6 Å². The molecule has 4 nitrogen and oxygen atoms in total. The van der Waals surface area contributed by atoms with Crippen LogP contribution in [0.25, 0.3) is 0 Å². The minimum absolute atomic E-state index is 0.0157. The van der Waals surface area contributed by atoms with Gasteiger partial charge in [0.25, 0.3) is 0 Å². The number of benzene rings is 1. The molecular formula is C16H23NO3. The largest absolute Gasteiger partial charge is 0.462 e. The smallest absolute Gasteiger partial charge is 0.313 e. The van der Waals surface area contributed by atoms with E-state index in [1.807, 2.05) is 19.1 Å². The minimum Gasteiger partial charge on any atom is -0.462 e. The van der Waals surface area contributed by atoms with E-state index < -0.39 is 0 Å². The molecule has 0 amide bonds. The molecule has 110 valence electrons. The first-order valence-corrected chi connectivity index (χ1v) is 7.07. The standard InChI is InChI=1S/C16H23NO3/c1-11(12-5-4-6-13(17)9-12)15(18)19-10-14-7-8-16(2,3)20-14/h4-6,9,11,14H,7-8,10,17H2,1-3H3. The molecule has 1 aliphatic rings. The summed E-state index contributed by atoms with van der Waals surface area (Å²) >= 11 is 0. The first-order valence-electron chi connectivity index (χ1n) is 7.07. The lowest BCUT2D eigenvalue weighted by atomic mass is 10.0. The number of esters is 1. The highest BCUT2D eigenvalue weighted by molar-refractivity contribution is 5.78. The summed E-state index contributed by atoms with van der Waals surface area (Å²) in [5, 5.41) is 0. The number of ether oxygens (including phenoxy) is 2. The second-order valence-electron chi connectivity index (χ2n) is 6.06. The Morgan fingerprint density at radius 3 is 2.90 bits per heavy atom.